The van der Waals surface area contributed by atoms with Crippen molar-refractivity contribution in [2.45, 2.75) is 6.18 Å². The first-order valence-corrected chi connectivity index (χ1v) is 4.78. The molecule has 0 aliphatic rings. The minimum Gasteiger partial charge on any atom is -0.495 e. The molecule has 4 nitrogen and oxygen atoms in total. The summed E-state index contributed by atoms with van der Waals surface area (Å²) in [6, 6.07) is 1.11. The Bertz CT molecular complexity index is 511. The summed E-state index contributed by atoms with van der Waals surface area (Å²) in [4.78, 5) is 21.6. The molecule has 1 aromatic carbocycles. The summed E-state index contributed by atoms with van der Waals surface area (Å²) in [6.07, 6.45) is -4.89. The molecule has 0 saturated heterocycles. The van der Waals surface area contributed by atoms with Crippen LogP contribution in [0, 0.1) is 0 Å². The topological polar surface area (TPSA) is 63.6 Å². The van der Waals surface area contributed by atoms with Gasteiger partial charge in [-0.1, -0.05) is 11.6 Å². The van der Waals surface area contributed by atoms with Crippen molar-refractivity contribution in [1.82, 2.24) is 0 Å². The number of methoxy groups -OCH3 is 1. The molecule has 1 aromatic rings. The SMILES string of the molecule is COc1cc(C(F)(F)F)c(C(=O)C(=O)O)cc1Cl. The molecule has 0 fully saturated rings. The zero-order chi connectivity index (χ0) is 14.1. The third-order valence-corrected chi connectivity index (χ3v) is 2.33. The van der Waals surface area contributed by atoms with Crippen molar-refractivity contribution in [2.75, 3.05) is 7.11 Å². The standard InChI is InChI=1S/C10H6ClF3O4/c1-18-7-3-5(10(12,13)14)4(2-6(7)11)8(15)9(16)17/h2-3H,1H3,(H,16,17). The second-order valence-electron chi connectivity index (χ2n) is 3.16. The van der Waals surface area contributed by atoms with E-state index in [1.807, 2.05) is 0 Å². The van der Waals surface area contributed by atoms with Crippen LogP contribution in [0.4, 0.5) is 13.2 Å². The van der Waals surface area contributed by atoms with Gasteiger partial charge in [0.2, 0.25) is 0 Å². The highest BCUT2D eigenvalue weighted by Crippen LogP contribution is 2.38. The van der Waals surface area contributed by atoms with Crippen LogP contribution in [0.25, 0.3) is 0 Å². The second kappa shape index (κ2) is 4.85. The van der Waals surface area contributed by atoms with E-state index in [4.69, 9.17) is 16.7 Å². The van der Waals surface area contributed by atoms with Crippen molar-refractivity contribution in [3.05, 3.63) is 28.3 Å². The van der Waals surface area contributed by atoms with E-state index in [0.29, 0.717) is 12.1 Å². The first kappa shape index (κ1) is 14.3. The van der Waals surface area contributed by atoms with Gasteiger partial charge in [-0.3, -0.25) is 4.79 Å². The summed E-state index contributed by atoms with van der Waals surface area (Å²) in [6.45, 7) is 0. The minimum atomic E-state index is -4.89. The maximum Gasteiger partial charge on any atom is 0.417 e. The number of benzene rings is 1. The van der Waals surface area contributed by atoms with Gasteiger partial charge in [-0.05, 0) is 12.1 Å². The largest absolute Gasteiger partial charge is 0.495 e. The zero-order valence-corrected chi connectivity index (χ0v) is 9.59. The monoisotopic (exact) mass is 282 g/mol. The van der Waals surface area contributed by atoms with Crippen molar-refractivity contribution in [2.24, 2.45) is 0 Å². The van der Waals surface area contributed by atoms with Crippen molar-refractivity contribution in [3.63, 3.8) is 0 Å². The number of alkyl halides is 3. The molecular weight excluding hydrogens is 277 g/mol. The number of carboxylic acids is 1. The van der Waals surface area contributed by atoms with Gasteiger partial charge in [-0.25, -0.2) is 4.79 Å². The molecule has 8 heteroatoms. The normalized spacial score (nSPS) is 11.2. The number of carbonyl (C=O) groups excluding carboxylic acids is 1. The number of hydrogen-bond donors (Lipinski definition) is 1. The molecule has 0 radical (unpaired) electrons. The number of ketones is 1. The van der Waals surface area contributed by atoms with E-state index in [2.05, 4.69) is 4.74 Å². The van der Waals surface area contributed by atoms with Crippen LogP contribution in [0.15, 0.2) is 12.1 Å². The summed E-state index contributed by atoms with van der Waals surface area (Å²) in [5.74, 6) is -3.99. The third kappa shape index (κ3) is 2.73. The Morgan fingerprint density at radius 1 is 1.33 bits per heavy atom. The molecule has 0 heterocycles. The number of hydrogen-bond acceptors (Lipinski definition) is 3. The van der Waals surface area contributed by atoms with Crippen LogP contribution in [0.2, 0.25) is 5.02 Å². The van der Waals surface area contributed by atoms with Crippen LogP contribution in [0.3, 0.4) is 0 Å². The predicted molar refractivity (Wildman–Crippen MR) is 55.0 cm³/mol. The number of aliphatic carboxylic acids is 1. The second-order valence-corrected chi connectivity index (χ2v) is 3.57. The molecule has 1 rings (SSSR count). The molecule has 0 aliphatic heterocycles. The molecule has 0 amide bonds. The Labute approximate surface area is 104 Å². The maximum absolute atomic E-state index is 12.7. The number of halogens is 4. The first-order valence-electron chi connectivity index (χ1n) is 4.40. The molecule has 0 saturated carbocycles. The van der Waals surface area contributed by atoms with Gasteiger partial charge >= 0.3 is 12.1 Å². The van der Waals surface area contributed by atoms with E-state index in [9.17, 15) is 22.8 Å². The Kier molecular flexibility index (Phi) is 3.85. The molecule has 1 N–H and O–H groups in total. The molecule has 98 valence electrons. The summed E-state index contributed by atoms with van der Waals surface area (Å²) in [7, 11) is 1.10. The average Bonchev–Trinajstić information content (AvgIpc) is 2.25. The van der Waals surface area contributed by atoms with Gasteiger partial charge in [0, 0.05) is 5.56 Å². The van der Waals surface area contributed by atoms with E-state index in [0.717, 1.165) is 7.11 Å². The number of Topliss-reactive ketones (excluding diaryl/α,β-unsaturated/α-hetero) is 1. The smallest absolute Gasteiger partial charge is 0.417 e. The highest BCUT2D eigenvalue weighted by atomic mass is 35.5. The first-order chi connectivity index (χ1) is 8.18. The van der Waals surface area contributed by atoms with E-state index in [-0.39, 0.29) is 10.8 Å². The number of carbonyl (C=O) groups is 2. The molecule has 0 spiro atoms. The van der Waals surface area contributed by atoms with Gasteiger partial charge in [-0.15, -0.1) is 0 Å². The van der Waals surface area contributed by atoms with E-state index in [1.165, 1.54) is 0 Å². The molecule has 0 bridgehead atoms. The lowest BCUT2D eigenvalue weighted by atomic mass is 10.0. The van der Waals surface area contributed by atoms with Crippen molar-refractivity contribution >= 4 is 23.4 Å². The lowest BCUT2D eigenvalue weighted by molar-refractivity contribution is -0.138. The maximum atomic E-state index is 12.7. The Morgan fingerprint density at radius 2 is 1.89 bits per heavy atom. The number of carboxylic acid groups (broad SMARTS) is 1. The fourth-order valence-corrected chi connectivity index (χ4v) is 1.49. The summed E-state index contributed by atoms with van der Waals surface area (Å²) in [5, 5.41) is 8.17. The fraction of sp³-hybridized carbons (Fsp3) is 0.200. The van der Waals surface area contributed by atoms with Gasteiger partial charge in [-0.2, -0.15) is 13.2 Å². The van der Waals surface area contributed by atoms with Crippen molar-refractivity contribution in [1.29, 1.82) is 0 Å². The summed E-state index contributed by atoms with van der Waals surface area (Å²) < 4.78 is 42.6. The van der Waals surface area contributed by atoms with Gasteiger partial charge in [0.05, 0.1) is 17.7 Å². The fourth-order valence-electron chi connectivity index (χ4n) is 1.25. The van der Waals surface area contributed by atoms with Crippen molar-refractivity contribution < 1.29 is 32.6 Å². The van der Waals surface area contributed by atoms with Crippen LogP contribution in [0.5, 0.6) is 5.75 Å². The van der Waals surface area contributed by atoms with E-state index < -0.39 is 29.1 Å². The quantitative estimate of drug-likeness (QED) is 0.684. The van der Waals surface area contributed by atoms with E-state index in [1.54, 1.807) is 0 Å². The Balaban J connectivity index is 3.54. The molecular formula is C10H6ClF3O4. The van der Waals surface area contributed by atoms with Gasteiger partial charge in [0.25, 0.3) is 5.78 Å². The van der Waals surface area contributed by atoms with Crippen LogP contribution in [0.1, 0.15) is 15.9 Å². The van der Waals surface area contributed by atoms with Crippen LogP contribution >= 0.6 is 11.6 Å². The van der Waals surface area contributed by atoms with Crippen LogP contribution in [-0.2, 0) is 11.0 Å². The highest BCUT2D eigenvalue weighted by Gasteiger charge is 2.37. The van der Waals surface area contributed by atoms with Crippen molar-refractivity contribution in [3.8, 4) is 5.75 Å². The van der Waals surface area contributed by atoms with Gasteiger partial charge in [0.1, 0.15) is 5.75 Å². The molecule has 0 aromatic heterocycles. The minimum absolute atomic E-state index is 0.282. The zero-order valence-electron chi connectivity index (χ0n) is 8.84. The van der Waals surface area contributed by atoms with E-state index >= 15 is 0 Å². The average molecular weight is 283 g/mol. The predicted octanol–water partition coefficient (Wildman–Crippen LogP) is 2.63. The van der Waals surface area contributed by atoms with Gasteiger partial charge < -0.3 is 9.84 Å². The number of rotatable bonds is 3. The lowest BCUT2D eigenvalue weighted by Crippen LogP contribution is -2.19. The highest BCUT2D eigenvalue weighted by molar-refractivity contribution is 6.41. The van der Waals surface area contributed by atoms with Gasteiger partial charge in [0.15, 0.2) is 0 Å². The molecule has 18 heavy (non-hydrogen) atoms. The summed E-state index contributed by atoms with van der Waals surface area (Å²) >= 11 is 5.56. The lowest BCUT2D eigenvalue weighted by Gasteiger charge is -2.13. The number of ether oxygens (including phenoxy) is 1. The molecule has 0 aliphatic carbocycles. The van der Waals surface area contributed by atoms with Crippen LogP contribution < -0.4 is 4.74 Å². The Hall–Kier alpha value is -1.76. The molecule has 0 atom stereocenters. The molecule has 0 unspecified atom stereocenters. The third-order valence-electron chi connectivity index (χ3n) is 2.04. The van der Waals surface area contributed by atoms with Crippen LogP contribution in [-0.4, -0.2) is 24.0 Å². The summed E-state index contributed by atoms with van der Waals surface area (Å²) in [5.41, 5.74) is -2.43. The Morgan fingerprint density at radius 3 is 2.28 bits per heavy atom.